The molecule has 1 atom stereocenters. The fraction of sp³-hybridized carbons (Fsp3) is 0.265. The van der Waals surface area contributed by atoms with E-state index in [9.17, 15) is 10.1 Å². The fourth-order valence-electron chi connectivity index (χ4n) is 5.28. The average Bonchev–Trinajstić information content (AvgIpc) is 3.01. The van der Waals surface area contributed by atoms with Gasteiger partial charge in [0.15, 0.2) is 0 Å². The van der Waals surface area contributed by atoms with Crippen molar-refractivity contribution in [3.63, 3.8) is 0 Å². The SMILES string of the molecule is CC(=O)[C@@H]1CCCCN1Cc1cc(Cl)c(OCc2cccc(-c3ccccc3)c2Br)cc1OCc1ccnc(C#N)c1. The summed E-state index contributed by atoms with van der Waals surface area (Å²) in [5.74, 6) is 1.30. The van der Waals surface area contributed by atoms with Gasteiger partial charge in [-0.1, -0.05) is 66.6 Å². The van der Waals surface area contributed by atoms with Crippen LogP contribution in [0.25, 0.3) is 11.1 Å². The van der Waals surface area contributed by atoms with Crippen LogP contribution in [0.15, 0.2) is 83.5 Å². The highest BCUT2D eigenvalue weighted by Crippen LogP contribution is 2.37. The number of rotatable bonds is 10. The Labute approximate surface area is 260 Å². The summed E-state index contributed by atoms with van der Waals surface area (Å²) in [6.45, 7) is 3.57. The van der Waals surface area contributed by atoms with Crippen molar-refractivity contribution in [2.45, 2.75) is 52.0 Å². The molecule has 42 heavy (non-hydrogen) atoms. The zero-order valence-corrected chi connectivity index (χ0v) is 25.7. The van der Waals surface area contributed by atoms with Gasteiger partial charge in [0.25, 0.3) is 0 Å². The molecular formula is C34H31BrClN3O3. The number of carbonyl (C=O) groups excluding carboxylic acids is 1. The summed E-state index contributed by atoms with van der Waals surface area (Å²) in [5, 5.41) is 9.72. The zero-order valence-electron chi connectivity index (χ0n) is 23.4. The molecule has 1 saturated heterocycles. The van der Waals surface area contributed by atoms with Crippen molar-refractivity contribution in [2.24, 2.45) is 0 Å². The van der Waals surface area contributed by atoms with E-state index in [4.69, 9.17) is 21.1 Å². The molecule has 4 aromatic rings. The number of benzene rings is 3. The molecule has 0 N–H and O–H groups in total. The molecular weight excluding hydrogens is 614 g/mol. The lowest BCUT2D eigenvalue weighted by atomic mass is 9.98. The van der Waals surface area contributed by atoms with Crippen LogP contribution in [0.4, 0.5) is 0 Å². The topological polar surface area (TPSA) is 75.5 Å². The van der Waals surface area contributed by atoms with E-state index in [0.717, 1.165) is 58.1 Å². The number of aromatic nitrogens is 1. The number of halogens is 2. The minimum atomic E-state index is -0.117. The van der Waals surface area contributed by atoms with Gasteiger partial charge in [-0.15, -0.1) is 0 Å². The number of pyridine rings is 1. The number of nitrogens with zero attached hydrogens (tertiary/aromatic N) is 3. The van der Waals surface area contributed by atoms with E-state index < -0.39 is 0 Å². The third-order valence-electron chi connectivity index (χ3n) is 7.45. The van der Waals surface area contributed by atoms with Gasteiger partial charge >= 0.3 is 0 Å². The highest BCUT2D eigenvalue weighted by Gasteiger charge is 2.27. The largest absolute Gasteiger partial charge is 0.488 e. The van der Waals surface area contributed by atoms with E-state index >= 15 is 0 Å². The second-order valence-corrected chi connectivity index (χ2v) is 11.6. The van der Waals surface area contributed by atoms with Gasteiger partial charge in [0.05, 0.1) is 11.1 Å². The monoisotopic (exact) mass is 643 g/mol. The molecule has 0 amide bonds. The Morgan fingerprint density at radius 1 is 1.02 bits per heavy atom. The molecule has 5 rings (SSSR count). The lowest BCUT2D eigenvalue weighted by molar-refractivity contribution is -0.123. The molecule has 214 valence electrons. The van der Waals surface area contributed by atoms with Crippen LogP contribution >= 0.6 is 27.5 Å². The first-order chi connectivity index (χ1) is 20.4. The van der Waals surface area contributed by atoms with Crippen LogP contribution in [0.1, 0.15) is 48.6 Å². The third-order valence-corrected chi connectivity index (χ3v) is 8.68. The zero-order chi connectivity index (χ0) is 29.5. The average molecular weight is 645 g/mol. The molecule has 1 aromatic heterocycles. The Bertz CT molecular complexity index is 1610. The minimum Gasteiger partial charge on any atom is -0.488 e. The molecule has 1 aliphatic heterocycles. The van der Waals surface area contributed by atoms with Crippen molar-refractivity contribution in [1.29, 1.82) is 5.26 Å². The van der Waals surface area contributed by atoms with Crippen LogP contribution in [-0.4, -0.2) is 28.3 Å². The van der Waals surface area contributed by atoms with Gasteiger partial charge in [0, 0.05) is 34.4 Å². The Kier molecular flexibility index (Phi) is 9.91. The number of Topliss-reactive ketones (excluding diaryl/α,β-unsaturated/α-hetero) is 1. The second kappa shape index (κ2) is 14.0. The summed E-state index contributed by atoms with van der Waals surface area (Å²) in [4.78, 5) is 18.6. The maximum atomic E-state index is 12.4. The summed E-state index contributed by atoms with van der Waals surface area (Å²) < 4.78 is 13.5. The predicted molar refractivity (Wildman–Crippen MR) is 167 cm³/mol. The molecule has 1 fully saturated rings. The van der Waals surface area contributed by atoms with E-state index in [1.807, 2.05) is 48.5 Å². The molecule has 2 heterocycles. The van der Waals surface area contributed by atoms with Crippen LogP contribution in [0.3, 0.4) is 0 Å². The summed E-state index contributed by atoms with van der Waals surface area (Å²) in [6.07, 6.45) is 4.54. The Hall–Kier alpha value is -3.70. The molecule has 0 spiro atoms. The van der Waals surface area contributed by atoms with Gasteiger partial charge in [-0.05, 0) is 77.1 Å². The van der Waals surface area contributed by atoms with Crippen LogP contribution in [-0.2, 0) is 24.6 Å². The molecule has 0 saturated carbocycles. The van der Waals surface area contributed by atoms with Gasteiger partial charge in [-0.3, -0.25) is 9.69 Å². The van der Waals surface area contributed by atoms with Crippen molar-refractivity contribution in [3.05, 3.63) is 111 Å². The van der Waals surface area contributed by atoms with Gasteiger partial charge in [-0.25, -0.2) is 4.98 Å². The second-order valence-electron chi connectivity index (χ2n) is 10.4. The highest BCUT2D eigenvalue weighted by atomic mass is 79.9. The van der Waals surface area contributed by atoms with Crippen molar-refractivity contribution in [2.75, 3.05) is 6.54 Å². The van der Waals surface area contributed by atoms with E-state index in [2.05, 4.69) is 50.1 Å². The maximum Gasteiger partial charge on any atom is 0.146 e. The van der Waals surface area contributed by atoms with Crippen LogP contribution < -0.4 is 9.47 Å². The van der Waals surface area contributed by atoms with Crippen molar-refractivity contribution in [3.8, 4) is 28.7 Å². The molecule has 3 aromatic carbocycles. The summed E-state index contributed by atoms with van der Waals surface area (Å²) >= 11 is 10.6. The molecule has 0 radical (unpaired) electrons. The van der Waals surface area contributed by atoms with E-state index in [-0.39, 0.29) is 18.4 Å². The lowest BCUT2D eigenvalue weighted by Gasteiger charge is -2.34. The van der Waals surface area contributed by atoms with E-state index in [1.54, 1.807) is 19.2 Å². The molecule has 0 unspecified atom stereocenters. The number of hydrogen-bond donors (Lipinski definition) is 0. The van der Waals surface area contributed by atoms with Gasteiger partial charge in [0.1, 0.15) is 42.3 Å². The number of nitriles is 1. The van der Waals surface area contributed by atoms with Crippen molar-refractivity contribution >= 4 is 33.3 Å². The predicted octanol–water partition coefficient (Wildman–Crippen LogP) is 8.14. The summed E-state index contributed by atoms with van der Waals surface area (Å²) in [5.41, 5.74) is 5.21. The first-order valence-corrected chi connectivity index (χ1v) is 15.1. The first kappa shape index (κ1) is 29.8. The molecule has 1 aliphatic rings. The number of carbonyl (C=O) groups is 1. The molecule has 0 aliphatic carbocycles. The minimum absolute atomic E-state index is 0.117. The summed E-state index contributed by atoms with van der Waals surface area (Å²) in [6, 6.07) is 25.5. The van der Waals surface area contributed by atoms with Crippen LogP contribution in [0.2, 0.25) is 5.02 Å². The fourth-order valence-corrected chi connectivity index (χ4v) is 6.13. The Morgan fingerprint density at radius 3 is 2.62 bits per heavy atom. The third kappa shape index (κ3) is 7.19. The first-order valence-electron chi connectivity index (χ1n) is 13.9. The van der Waals surface area contributed by atoms with E-state index in [0.29, 0.717) is 35.4 Å². The Balaban J connectivity index is 1.41. The van der Waals surface area contributed by atoms with Gasteiger partial charge in [-0.2, -0.15) is 5.26 Å². The van der Waals surface area contributed by atoms with Crippen LogP contribution in [0, 0.1) is 11.3 Å². The van der Waals surface area contributed by atoms with Gasteiger partial charge < -0.3 is 9.47 Å². The quantitative estimate of drug-likeness (QED) is 0.174. The van der Waals surface area contributed by atoms with Crippen molar-refractivity contribution in [1.82, 2.24) is 9.88 Å². The number of ketones is 1. The van der Waals surface area contributed by atoms with Crippen LogP contribution in [0.5, 0.6) is 11.5 Å². The number of likely N-dealkylation sites (tertiary alicyclic amines) is 1. The normalized spacial score (nSPS) is 15.1. The molecule has 8 heteroatoms. The molecule has 0 bridgehead atoms. The number of hydrogen-bond acceptors (Lipinski definition) is 6. The molecule has 6 nitrogen and oxygen atoms in total. The smallest absolute Gasteiger partial charge is 0.146 e. The highest BCUT2D eigenvalue weighted by molar-refractivity contribution is 9.10. The summed E-state index contributed by atoms with van der Waals surface area (Å²) in [7, 11) is 0. The van der Waals surface area contributed by atoms with E-state index in [1.165, 1.54) is 0 Å². The maximum absolute atomic E-state index is 12.4. The standard InChI is InChI=1S/C34H31BrClN3O3/c1-23(40)31-12-5-6-15-39(31)20-27-17-30(36)33(18-32(27)41-21-24-13-14-38-28(16-24)19-37)42-22-26-10-7-11-29(34(26)35)25-8-3-2-4-9-25/h2-4,7-11,13-14,16-18,31H,5-6,12,15,20-22H2,1H3/t31-/m0/s1. The van der Waals surface area contributed by atoms with Gasteiger partial charge in [0.2, 0.25) is 0 Å². The number of piperidine rings is 1. The Morgan fingerprint density at radius 2 is 1.83 bits per heavy atom. The number of ether oxygens (including phenoxy) is 2. The van der Waals surface area contributed by atoms with Crippen molar-refractivity contribution < 1.29 is 14.3 Å². The lowest BCUT2D eigenvalue weighted by Crippen LogP contribution is -2.43.